The SMILES string of the molecule is C=C(CCC)C(NCCCCC(C)c1ccc2c(c1)[C@]1(CCO2)C[C@H]1C(=O)Nc1cc(C#N)ccc1CCCC(=O)O)OC. The number of ether oxygens (including phenoxy) is 2. The number of unbranched alkanes of at least 4 members (excludes halogenated alkanes) is 1. The summed E-state index contributed by atoms with van der Waals surface area (Å²) in [5.41, 5.74) is 5.13. The summed E-state index contributed by atoms with van der Waals surface area (Å²) in [4.78, 5) is 24.6. The van der Waals surface area contributed by atoms with Gasteiger partial charge < -0.3 is 19.9 Å². The summed E-state index contributed by atoms with van der Waals surface area (Å²) < 4.78 is 11.6. The van der Waals surface area contributed by atoms with Gasteiger partial charge in [0, 0.05) is 36.1 Å². The average molecular weight is 602 g/mol. The van der Waals surface area contributed by atoms with Crippen molar-refractivity contribution in [2.24, 2.45) is 5.92 Å². The van der Waals surface area contributed by atoms with Crippen molar-refractivity contribution in [1.82, 2.24) is 5.32 Å². The average Bonchev–Trinajstić information content (AvgIpc) is 3.73. The molecule has 236 valence electrons. The van der Waals surface area contributed by atoms with Crippen LogP contribution in [0.3, 0.4) is 0 Å². The van der Waals surface area contributed by atoms with Gasteiger partial charge in [0.2, 0.25) is 5.91 Å². The fourth-order valence-electron chi connectivity index (χ4n) is 6.52. The zero-order valence-corrected chi connectivity index (χ0v) is 26.4. The summed E-state index contributed by atoms with van der Waals surface area (Å²) >= 11 is 0. The molecule has 0 bridgehead atoms. The predicted octanol–water partition coefficient (Wildman–Crippen LogP) is 6.84. The highest BCUT2D eigenvalue weighted by atomic mass is 16.5. The molecule has 1 saturated carbocycles. The van der Waals surface area contributed by atoms with Crippen LogP contribution < -0.4 is 15.4 Å². The third-order valence-corrected chi connectivity index (χ3v) is 9.21. The molecule has 2 aromatic carbocycles. The molecule has 1 aliphatic heterocycles. The summed E-state index contributed by atoms with van der Waals surface area (Å²) in [6.07, 6.45) is 7.70. The first kappa shape index (κ1) is 33.2. The number of aryl methyl sites for hydroxylation is 1. The third-order valence-electron chi connectivity index (χ3n) is 9.21. The maximum absolute atomic E-state index is 13.6. The molecular weight excluding hydrogens is 554 g/mol. The second kappa shape index (κ2) is 15.4. The Kier molecular flexibility index (Phi) is 11.6. The van der Waals surface area contributed by atoms with E-state index in [-0.39, 0.29) is 29.9 Å². The molecule has 2 aromatic rings. The molecule has 1 fully saturated rings. The minimum atomic E-state index is -0.849. The number of hydrogen-bond acceptors (Lipinski definition) is 6. The molecule has 8 heteroatoms. The highest BCUT2D eigenvalue weighted by molar-refractivity contribution is 5.97. The fourth-order valence-corrected chi connectivity index (χ4v) is 6.52. The van der Waals surface area contributed by atoms with Crippen molar-refractivity contribution in [2.75, 3.05) is 25.6 Å². The van der Waals surface area contributed by atoms with Gasteiger partial charge in [0.05, 0.1) is 18.2 Å². The van der Waals surface area contributed by atoms with Crippen LogP contribution in [0, 0.1) is 17.2 Å². The molecule has 2 unspecified atom stereocenters. The molecule has 4 rings (SSSR count). The van der Waals surface area contributed by atoms with E-state index in [1.807, 2.05) is 6.07 Å². The Labute approximate surface area is 261 Å². The number of carbonyl (C=O) groups is 2. The Hall–Kier alpha value is -3.67. The maximum Gasteiger partial charge on any atom is 0.303 e. The van der Waals surface area contributed by atoms with Crippen LogP contribution in [0.1, 0.15) is 99.8 Å². The minimum Gasteiger partial charge on any atom is -0.493 e. The fraction of sp³-hybridized carbons (Fsp3) is 0.528. The van der Waals surface area contributed by atoms with Gasteiger partial charge in [-0.3, -0.25) is 14.9 Å². The summed E-state index contributed by atoms with van der Waals surface area (Å²) in [5.74, 6) is 0.147. The summed E-state index contributed by atoms with van der Waals surface area (Å²) in [6, 6.07) is 13.8. The molecule has 44 heavy (non-hydrogen) atoms. The van der Waals surface area contributed by atoms with E-state index in [1.54, 1.807) is 19.2 Å². The number of carboxylic acids is 1. The number of nitriles is 1. The van der Waals surface area contributed by atoms with Gasteiger partial charge in [0.15, 0.2) is 0 Å². The Morgan fingerprint density at radius 2 is 2.02 bits per heavy atom. The van der Waals surface area contributed by atoms with E-state index in [4.69, 9.17) is 14.6 Å². The van der Waals surface area contributed by atoms with Gasteiger partial charge in [0.1, 0.15) is 12.0 Å². The summed E-state index contributed by atoms with van der Waals surface area (Å²) in [5, 5.41) is 25.0. The molecular formula is C36H47N3O5. The first-order valence-electron chi connectivity index (χ1n) is 16.0. The predicted molar refractivity (Wildman–Crippen MR) is 172 cm³/mol. The zero-order valence-electron chi connectivity index (χ0n) is 26.4. The van der Waals surface area contributed by atoms with Crippen LogP contribution in [0.5, 0.6) is 5.75 Å². The van der Waals surface area contributed by atoms with Crippen molar-refractivity contribution in [3.8, 4) is 11.8 Å². The van der Waals surface area contributed by atoms with Gasteiger partial charge in [-0.1, -0.05) is 51.5 Å². The van der Waals surface area contributed by atoms with Crippen LogP contribution in [0.25, 0.3) is 0 Å². The molecule has 3 N–H and O–H groups in total. The zero-order chi connectivity index (χ0) is 31.7. The Balaban J connectivity index is 1.38. The number of nitrogens with zero attached hydrogens (tertiary/aromatic N) is 1. The molecule has 0 radical (unpaired) electrons. The van der Waals surface area contributed by atoms with Crippen molar-refractivity contribution >= 4 is 17.6 Å². The lowest BCUT2D eigenvalue weighted by atomic mass is 9.84. The monoisotopic (exact) mass is 601 g/mol. The van der Waals surface area contributed by atoms with E-state index in [0.29, 0.717) is 36.6 Å². The van der Waals surface area contributed by atoms with E-state index in [0.717, 1.165) is 73.9 Å². The largest absolute Gasteiger partial charge is 0.493 e. The van der Waals surface area contributed by atoms with Crippen molar-refractivity contribution < 1.29 is 24.2 Å². The second-order valence-corrected chi connectivity index (χ2v) is 12.4. The van der Waals surface area contributed by atoms with E-state index in [2.05, 4.69) is 55.3 Å². The van der Waals surface area contributed by atoms with Crippen molar-refractivity contribution in [2.45, 2.75) is 95.6 Å². The number of methoxy groups -OCH3 is 1. The van der Waals surface area contributed by atoms with Crippen LogP contribution in [0.4, 0.5) is 5.69 Å². The van der Waals surface area contributed by atoms with Gasteiger partial charge in [-0.25, -0.2) is 0 Å². The van der Waals surface area contributed by atoms with Crippen LogP contribution >= 0.6 is 0 Å². The first-order chi connectivity index (χ1) is 21.2. The summed E-state index contributed by atoms with van der Waals surface area (Å²) in [6.45, 7) is 10.0. The molecule has 0 saturated heterocycles. The number of carbonyl (C=O) groups excluding carboxylic acids is 1. The van der Waals surface area contributed by atoms with E-state index in [1.165, 1.54) is 5.56 Å². The molecule has 1 aliphatic carbocycles. The van der Waals surface area contributed by atoms with Gasteiger partial charge >= 0.3 is 5.97 Å². The number of nitrogens with one attached hydrogen (secondary N) is 2. The van der Waals surface area contributed by atoms with Crippen molar-refractivity contribution in [3.63, 3.8) is 0 Å². The number of aliphatic carboxylic acids is 1. The van der Waals surface area contributed by atoms with Gasteiger partial charge in [-0.05, 0) is 92.3 Å². The Morgan fingerprint density at radius 1 is 1.20 bits per heavy atom. The normalized spacial score (nSPS) is 19.7. The molecule has 1 spiro atoms. The number of amides is 1. The quantitative estimate of drug-likeness (QED) is 0.103. The number of rotatable bonds is 17. The Bertz CT molecular complexity index is 1380. The van der Waals surface area contributed by atoms with Crippen LogP contribution in [0.15, 0.2) is 48.6 Å². The number of benzene rings is 2. The number of fused-ring (bicyclic) bond motifs is 2. The Morgan fingerprint density at radius 3 is 2.75 bits per heavy atom. The second-order valence-electron chi connectivity index (χ2n) is 12.4. The van der Waals surface area contributed by atoms with E-state index >= 15 is 0 Å². The van der Waals surface area contributed by atoms with Crippen LogP contribution in [0.2, 0.25) is 0 Å². The molecule has 4 atom stereocenters. The third kappa shape index (κ3) is 8.08. The van der Waals surface area contributed by atoms with Crippen molar-refractivity contribution in [1.29, 1.82) is 5.26 Å². The van der Waals surface area contributed by atoms with E-state index in [9.17, 15) is 14.9 Å². The molecule has 8 nitrogen and oxygen atoms in total. The van der Waals surface area contributed by atoms with Crippen LogP contribution in [-0.2, 0) is 26.2 Å². The molecule has 1 amide bonds. The van der Waals surface area contributed by atoms with Crippen LogP contribution in [-0.4, -0.2) is 43.5 Å². The molecule has 1 heterocycles. The van der Waals surface area contributed by atoms with Gasteiger partial charge in [-0.2, -0.15) is 5.26 Å². The molecule has 0 aromatic heterocycles. The first-order valence-corrected chi connectivity index (χ1v) is 16.0. The lowest BCUT2D eigenvalue weighted by molar-refractivity contribution is -0.137. The number of carboxylic acid groups (broad SMARTS) is 1. The number of anilines is 1. The highest BCUT2D eigenvalue weighted by Gasteiger charge is 2.61. The van der Waals surface area contributed by atoms with Gasteiger partial charge in [0.25, 0.3) is 0 Å². The lowest BCUT2D eigenvalue weighted by Gasteiger charge is -2.28. The minimum absolute atomic E-state index is 0.0526. The molecule has 2 aliphatic rings. The standard InChI is InChI=1S/C36H47N3O5/c1-5-9-25(3)35(43-4)38-18-7-6-10-24(2)28-15-16-32-29(21-28)36(17-19-44-32)22-30(36)34(42)39-31-20-26(23-37)13-14-27(31)11-8-12-33(40)41/h13-16,20-21,24,30,35,38H,3,5-12,17-19,22H2,1-2,4H3,(H,39,42)(H,40,41)/t24?,30-,35?,36-/m0/s1. The van der Waals surface area contributed by atoms with Crippen molar-refractivity contribution in [3.05, 3.63) is 70.8 Å². The van der Waals surface area contributed by atoms with Gasteiger partial charge in [-0.15, -0.1) is 0 Å². The summed E-state index contributed by atoms with van der Waals surface area (Å²) in [7, 11) is 1.72. The lowest BCUT2D eigenvalue weighted by Crippen LogP contribution is -2.33. The maximum atomic E-state index is 13.6. The van der Waals surface area contributed by atoms with E-state index < -0.39 is 5.97 Å². The smallest absolute Gasteiger partial charge is 0.303 e. The highest BCUT2D eigenvalue weighted by Crippen LogP contribution is 2.61. The topological polar surface area (TPSA) is 121 Å². The number of hydrogen-bond donors (Lipinski definition) is 3.